The molecule has 0 atom stereocenters. The van der Waals surface area contributed by atoms with Crippen LogP contribution in [0.25, 0.3) is 10.9 Å². The maximum absolute atomic E-state index is 4.01. The van der Waals surface area contributed by atoms with Gasteiger partial charge in [0, 0.05) is 42.6 Å². The Kier molecular flexibility index (Phi) is 3.07. The maximum atomic E-state index is 4.01. The number of nitrogens with zero attached hydrogens (tertiary/aromatic N) is 1. The van der Waals surface area contributed by atoms with E-state index in [1.807, 2.05) is 30.7 Å². The van der Waals surface area contributed by atoms with Crippen LogP contribution in [0.2, 0.25) is 0 Å². The first-order valence-electron chi connectivity index (χ1n) is 6.08. The molecule has 0 unspecified atom stereocenters. The van der Waals surface area contributed by atoms with Gasteiger partial charge in [-0.1, -0.05) is 12.1 Å². The summed E-state index contributed by atoms with van der Waals surface area (Å²) in [6.45, 7) is 1.74. The van der Waals surface area contributed by atoms with E-state index in [4.69, 9.17) is 0 Å². The summed E-state index contributed by atoms with van der Waals surface area (Å²) in [7, 11) is 0. The molecule has 1 aromatic carbocycles. The van der Waals surface area contributed by atoms with E-state index < -0.39 is 0 Å². The maximum Gasteiger partial charge on any atom is 0.0457 e. The number of nitrogens with one attached hydrogen (secondary N) is 2. The zero-order valence-electron chi connectivity index (χ0n) is 10.1. The van der Waals surface area contributed by atoms with Crippen LogP contribution in [0, 0.1) is 0 Å². The van der Waals surface area contributed by atoms with E-state index in [-0.39, 0.29) is 0 Å². The van der Waals surface area contributed by atoms with Crippen molar-refractivity contribution < 1.29 is 0 Å². The minimum Gasteiger partial charge on any atom is -0.361 e. The number of aromatic amines is 1. The first-order chi connectivity index (χ1) is 8.93. The van der Waals surface area contributed by atoms with Crippen LogP contribution in [-0.4, -0.2) is 9.97 Å². The van der Waals surface area contributed by atoms with Gasteiger partial charge in [0.25, 0.3) is 0 Å². The second kappa shape index (κ2) is 5.02. The predicted octanol–water partition coefficient (Wildman–Crippen LogP) is 2.85. The van der Waals surface area contributed by atoms with Crippen molar-refractivity contribution in [1.82, 2.24) is 15.3 Å². The summed E-state index contributed by atoms with van der Waals surface area (Å²) >= 11 is 0. The highest BCUT2D eigenvalue weighted by Crippen LogP contribution is 2.17. The summed E-state index contributed by atoms with van der Waals surface area (Å²) < 4.78 is 0. The van der Waals surface area contributed by atoms with Gasteiger partial charge in [-0.15, -0.1) is 0 Å². The highest BCUT2D eigenvalue weighted by molar-refractivity contribution is 5.82. The molecule has 2 heterocycles. The van der Waals surface area contributed by atoms with Gasteiger partial charge >= 0.3 is 0 Å². The van der Waals surface area contributed by atoms with Crippen LogP contribution in [0.4, 0.5) is 0 Å². The van der Waals surface area contributed by atoms with Gasteiger partial charge in [-0.05, 0) is 35.4 Å². The Morgan fingerprint density at radius 3 is 2.78 bits per heavy atom. The quantitative estimate of drug-likeness (QED) is 0.732. The predicted molar refractivity (Wildman–Crippen MR) is 73.1 cm³/mol. The molecule has 0 amide bonds. The van der Waals surface area contributed by atoms with Crippen LogP contribution in [0.1, 0.15) is 11.1 Å². The largest absolute Gasteiger partial charge is 0.361 e. The Morgan fingerprint density at radius 1 is 1.00 bits per heavy atom. The average Bonchev–Trinajstić information content (AvgIpc) is 2.89. The normalized spacial score (nSPS) is 10.9. The Hall–Kier alpha value is -2.13. The molecule has 3 heteroatoms. The molecule has 0 radical (unpaired) electrons. The first kappa shape index (κ1) is 11.0. The highest BCUT2D eigenvalue weighted by atomic mass is 14.8. The lowest BCUT2D eigenvalue weighted by atomic mass is 10.1. The minimum atomic E-state index is 0.864. The fraction of sp³-hybridized carbons (Fsp3) is 0.133. The molecule has 18 heavy (non-hydrogen) atoms. The van der Waals surface area contributed by atoms with E-state index >= 15 is 0 Å². The summed E-state index contributed by atoms with van der Waals surface area (Å²) in [5.41, 5.74) is 3.77. The number of aromatic nitrogens is 2. The summed E-state index contributed by atoms with van der Waals surface area (Å²) in [6, 6.07) is 12.5. The summed E-state index contributed by atoms with van der Waals surface area (Å²) in [6.07, 6.45) is 5.63. The Morgan fingerprint density at radius 2 is 1.89 bits per heavy atom. The van der Waals surface area contributed by atoms with Crippen LogP contribution >= 0.6 is 0 Å². The van der Waals surface area contributed by atoms with E-state index in [0.29, 0.717) is 0 Å². The number of fused-ring (bicyclic) bond motifs is 1. The van der Waals surface area contributed by atoms with Gasteiger partial charge in [-0.3, -0.25) is 4.98 Å². The second-order valence-electron chi connectivity index (χ2n) is 4.32. The van der Waals surface area contributed by atoms with Crippen molar-refractivity contribution in [1.29, 1.82) is 0 Å². The lowest BCUT2D eigenvalue weighted by molar-refractivity contribution is 0.696. The molecular formula is C15H15N3. The van der Waals surface area contributed by atoms with Crippen molar-refractivity contribution in [2.45, 2.75) is 13.1 Å². The molecule has 90 valence electrons. The van der Waals surface area contributed by atoms with Crippen molar-refractivity contribution in [3.05, 3.63) is 66.1 Å². The van der Waals surface area contributed by atoms with E-state index in [0.717, 1.165) is 13.1 Å². The van der Waals surface area contributed by atoms with Crippen molar-refractivity contribution >= 4 is 10.9 Å². The smallest absolute Gasteiger partial charge is 0.0457 e. The fourth-order valence-electron chi connectivity index (χ4n) is 2.15. The highest BCUT2D eigenvalue weighted by Gasteiger charge is 2.00. The average molecular weight is 237 g/mol. The van der Waals surface area contributed by atoms with E-state index in [2.05, 4.69) is 39.6 Å². The van der Waals surface area contributed by atoms with Crippen molar-refractivity contribution in [2.75, 3.05) is 0 Å². The molecule has 0 aliphatic heterocycles. The van der Waals surface area contributed by atoms with Gasteiger partial charge in [0.1, 0.15) is 0 Å². The van der Waals surface area contributed by atoms with Gasteiger partial charge < -0.3 is 10.3 Å². The summed E-state index contributed by atoms with van der Waals surface area (Å²) in [5.74, 6) is 0. The van der Waals surface area contributed by atoms with Gasteiger partial charge in [-0.2, -0.15) is 0 Å². The van der Waals surface area contributed by atoms with E-state index in [1.54, 1.807) is 0 Å². The van der Waals surface area contributed by atoms with Crippen molar-refractivity contribution in [3.8, 4) is 0 Å². The van der Waals surface area contributed by atoms with Crippen LogP contribution in [0.3, 0.4) is 0 Å². The van der Waals surface area contributed by atoms with Crippen LogP contribution in [-0.2, 0) is 13.1 Å². The number of H-pyrrole nitrogens is 1. The van der Waals surface area contributed by atoms with Crippen LogP contribution in [0.15, 0.2) is 55.0 Å². The number of hydrogen-bond donors (Lipinski definition) is 2. The SMILES string of the molecule is c1cc(CNCc2ccncc2)c2cc[nH]c2c1. The third kappa shape index (κ3) is 2.26. The molecule has 3 aromatic rings. The monoisotopic (exact) mass is 237 g/mol. The molecule has 0 spiro atoms. The molecule has 3 nitrogen and oxygen atoms in total. The van der Waals surface area contributed by atoms with Crippen LogP contribution in [0.5, 0.6) is 0 Å². The van der Waals surface area contributed by atoms with Crippen molar-refractivity contribution in [3.63, 3.8) is 0 Å². The number of benzene rings is 1. The molecule has 0 saturated carbocycles. The standard InChI is InChI=1S/C15H15N3/c1-2-13(14-6-9-18-15(14)3-1)11-17-10-12-4-7-16-8-5-12/h1-9,17-18H,10-11H2. The fourth-order valence-corrected chi connectivity index (χ4v) is 2.15. The van der Waals surface area contributed by atoms with E-state index in [1.165, 1.54) is 22.0 Å². The van der Waals surface area contributed by atoms with E-state index in [9.17, 15) is 0 Å². The van der Waals surface area contributed by atoms with Gasteiger partial charge in [0.05, 0.1) is 0 Å². The third-order valence-corrected chi connectivity index (χ3v) is 3.08. The molecule has 2 N–H and O–H groups in total. The number of rotatable bonds is 4. The second-order valence-corrected chi connectivity index (χ2v) is 4.32. The number of pyridine rings is 1. The molecule has 0 aliphatic carbocycles. The molecule has 2 aromatic heterocycles. The van der Waals surface area contributed by atoms with Gasteiger partial charge in [0.15, 0.2) is 0 Å². The topological polar surface area (TPSA) is 40.7 Å². The Bertz CT molecular complexity index is 628. The summed E-state index contributed by atoms with van der Waals surface area (Å²) in [4.78, 5) is 7.25. The molecule has 0 fully saturated rings. The van der Waals surface area contributed by atoms with Crippen LogP contribution < -0.4 is 5.32 Å². The zero-order valence-corrected chi connectivity index (χ0v) is 10.1. The van der Waals surface area contributed by atoms with Crippen molar-refractivity contribution in [2.24, 2.45) is 0 Å². The van der Waals surface area contributed by atoms with Gasteiger partial charge in [0.2, 0.25) is 0 Å². The lowest BCUT2D eigenvalue weighted by Gasteiger charge is -2.06. The Labute approximate surface area is 106 Å². The molecule has 0 aliphatic rings. The lowest BCUT2D eigenvalue weighted by Crippen LogP contribution is -2.12. The Balaban J connectivity index is 1.68. The first-order valence-corrected chi connectivity index (χ1v) is 6.08. The number of hydrogen-bond acceptors (Lipinski definition) is 2. The van der Waals surface area contributed by atoms with Gasteiger partial charge in [-0.25, -0.2) is 0 Å². The third-order valence-electron chi connectivity index (χ3n) is 3.08. The minimum absolute atomic E-state index is 0.864. The molecule has 3 rings (SSSR count). The molecular weight excluding hydrogens is 222 g/mol. The molecule has 0 bridgehead atoms. The molecule has 0 saturated heterocycles. The summed E-state index contributed by atoms with van der Waals surface area (Å²) in [5, 5.41) is 4.75. The zero-order chi connectivity index (χ0) is 12.2.